The standard InChI is InChI=1S/C27H25FN2O6/c1-34-23-9-5-8-22(25(23)35-2)26(32)29-16-18-12-19(27(33)36-3)15-21(14-18)30-24(31)11-10-17-6-4-7-20(28)13-17/h4-15H,16H2,1-3H3,(H,29,32)(H,30,31). The molecule has 0 unspecified atom stereocenters. The van der Waals surface area contributed by atoms with E-state index >= 15 is 0 Å². The molecule has 3 aromatic rings. The van der Waals surface area contributed by atoms with E-state index in [1.54, 1.807) is 36.4 Å². The quantitative estimate of drug-likeness (QED) is 0.343. The van der Waals surface area contributed by atoms with E-state index in [-0.39, 0.29) is 17.7 Å². The Kier molecular flexibility index (Phi) is 8.77. The molecule has 0 saturated heterocycles. The fraction of sp³-hybridized carbons (Fsp3) is 0.148. The zero-order chi connectivity index (χ0) is 26.1. The van der Waals surface area contributed by atoms with E-state index < -0.39 is 23.6 Å². The second-order valence-corrected chi connectivity index (χ2v) is 7.51. The third-order valence-electron chi connectivity index (χ3n) is 5.06. The van der Waals surface area contributed by atoms with Gasteiger partial charge in [0.15, 0.2) is 11.5 Å². The largest absolute Gasteiger partial charge is 0.493 e. The Labute approximate surface area is 207 Å². The molecule has 3 rings (SSSR count). The number of hydrogen-bond donors (Lipinski definition) is 2. The maximum Gasteiger partial charge on any atom is 0.337 e. The van der Waals surface area contributed by atoms with Crippen molar-refractivity contribution in [3.63, 3.8) is 0 Å². The van der Waals surface area contributed by atoms with Crippen LogP contribution < -0.4 is 20.1 Å². The van der Waals surface area contributed by atoms with Crippen molar-refractivity contribution >= 4 is 29.5 Å². The van der Waals surface area contributed by atoms with Crippen molar-refractivity contribution in [3.8, 4) is 11.5 Å². The van der Waals surface area contributed by atoms with Gasteiger partial charge in [0.05, 0.1) is 32.5 Å². The van der Waals surface area contributed by atoms with E-state index in [0.717, 1.165) is 0 Å². The van der Waals surface area contributed by atoms with Crippen LogP contribution in [0.25, 0.3) is 6.08 Å². The van der Waals surface area contributed by atoms with Gasteiger partial charge in [0, 0.05) is 18.3 Å². The van der Waals surface area contributed by atoms with Crippen LogP contribution in [0.4, 0.5) is 10.1 Å². The summed E-state index contributed by atoms with van der Waals surface area (Å²) in [5, 5.41) is 5.43. The molecule has 0 spiro atoms. The van der Waals surface area contributed by atoms with Crippen LogP contribution in [0.2, 0.25) is 0 Å². The van der Waals surface area contributed by atoms with Crippen molar-refractivity contribution < 1.29 is 33.0 Å². The highest BCUT2D eigenvalue weighted by atomic mass is 19.1. The van der Waals surface area contributed by atoms with Crippen LogP contribution in [-0.2, 0) is 16.1 Å². The summed E-state index contributed by atoms with van der Waals surface area (Å²) in [6, 6.07) is 15.3. The lowest BCUT2D eigenvalue weighted by molar-refractivity contribution is -0.111. The monoisotopic (exact) mass is 492 g/mol. The van der Waals surface area contributed by atoms with Crippen LogP contribution >= 0.6 is 0 Å². The third kappa shape index (κ3) is 6.69. The first-order valence-electron chi connectivity index (χ1n) is 10.8. The lowest BCUT2D eigenvalue weighted by atomic mass is 10.1. The number of benzene rings is 3. The predicted molar refractivity (Wildman–Crippen MR) is 133 cm³/mol. The smallest absolute Gasteiger partial charge is 0.337 e. The van der Waals surface area contributed by atoms with Crippen LogP contribution in [0.1, 0.15) is 31.8 Å². The van der Waals surface area contributed by atoms with Crippen molar-refractivity contribution in [2.45, 2.75) is 6.54 Å². The van der Waals surface area contributed by atoms with Crippen LogP contribution in [-0.4, -0.2) is 39.1 Å². The maximum absolute atomic E-state index is 13.3. The molecule has 2 N–H and O–H groups in total. The van der Waals surface area contributed by atoms with E-state index in [0.29, 0.717) is 28.3 Å². The van der Waals surface area contributed by atoms with Gasteiger partial charge >= 0.3 is 5.97 Å². The van der Waals surface area contributed by atoms with E-state index in [2.05, 4.69) is 10.6 Å². The summed E-state index contributed by atoms with van der Waals surface area (Å²) >= 11 is 0. The summed E-state index contributed by atoms with van der Waals surface area (Å²) in [5.41, 5.74) is 1.84. The molecule has 2 amide bonds. The van der Waals surface area contributed by atoms with Gasteiger partial charge in [-0.2, -0.15) is 0 Å². The average molecular weight is 493 g/mol. The third-order valence-corrected chi connectivity index (χ3v) is 5.06. The van der Waals surface area contributed by atoms with Crippen molar-refractivity contribution in [1.82, 2.24) is 5.32 Å². The number of anilines is 1. The number of methoxy groups -OCH3 is 3. The fourth-order valence-corrected chi connectivity index (χ4v) is 3.41. The second-order valence-electron chi connectivity index (χ2n) is 7.51. The van der Waals surface area contributed by atoms with Crippen molar-refractivity contribution in [2.24, 2.45) is 0 Å². The highest BCUT2D eigenvalue weighted by Crippen LogP contribution is 2.30. The molecule has 0 aliphatic carbocycles. The second kappa shape index (κ2) is 12.2. The van der Waals surface area contributed by atoms with Gasteiger partial charge < -0.3 is 24.8 Å². The average Bonchev–Trinajstić information content (AvgIpc) is 2.89. The molecule has 186 valence electrons. The molecule has 36 heavy (non-hydrogen) atoms. The number of carbonyl (C=O) groups excluding carboxylic acids is 3. The Morgan fingerprint density at radius 1 is 0.944 bits per heavy atom. The SMILES string of the molecule is COC(=O)c1cc(CNC(=O)c2cccc(OC)c2OC)cc(NC(=O)C=Cc2cccc(F)c2)c1. The maximum atomic E-state index is 13.3. The van der Waals surface area contributed by atoms with Gasteiger partial charge in [-0.05, 0) is 59.7 Å². The highest BCUT2D eigenvalue weighted by Gasteiger charge is 2.17. The van der Waals surface area contributed by atoms with E-state index in [1.165, 1.54) is 57.7 Å². The molecule has 8 nitrogen and oxygen atoms in total. The van der Waals surface area contributed by atoms with Gasteiger partial charge in [-0.1, -0.05) is 18.2 Å². The number of carbonyl (C=O) groups is 3. The summed E-state index contributed by atoms with van der Waals surface area (Å²) < 4.78 is 28.7. The molecule has 0 atom stereocenters. The molecule has 0 aromatic heterocycles. The number of nitrogens with one attached hydrogen (secondary N) is 2. The van der Waals surface area contributed by atoms with Crippen molar-refractivity contribution in [3.05, 3.63) is 94.8 Å². The number of rotatable bonds is 9. The Morgan fingerprint density at radius 3 is 2.42 bits per heavy atom. The molecule has 3 aromatic carbocycles. The molecule has 0 radical (unpaired) electrons. The van der Waals surface area contributed by atoms with E-state index in [1.807, 2.05) is 0 Å². The Hall–Kier alpha value is -4.66. The predicted octanol–water partition coefficient (Wildman–Crippen LogP) is 4.21. The normalized spacial score (nSPS) is 10.6. The molecule has 0 bridgehead atoms. The molecule has 0 aliphatic heterocycles. The number of ether oxygens (including phenoxy) is 3. The Morgan fingerprint density at radius 2 is 1.72 bits per heavy atom. The first-order chi connectivity index (χ1) is 17.3. The zero-order valence-electron chi connectivity index (χ0n) is 20.0. The minimum Gasteiger partial charge on any atom is -0.493 e. The first kappa shape index (κ1) is 26.0. The number of hydrogen-bond acceptors (Lipinski definition) is 6. The minimum atomic E-state index is -0.608. The van der Waals surface area contributed by atoms with Gasteiger partial charge in [-0.25, -0.2) is 9.18 Å². The van der Waals surface area contributed by atoms with E-state index in [4.69, 9.17) is 14.2 Å². The number of amides is 2. The lowest BCUT2D eigenvalue weighted by Crippen LogP contribution is -2.24. The summed E-state index contributed by atoms with van der Waals surface area (Å²) in [4.78, 5) is 37.4. The number of halogens is 1. The molecule has 9 heteroatoms. The van der Waals surface area contributed by atoms with Crippen LogP contribution in [0, 0.1) is 5.82 Å². The molecule has 0 aliphatic rings. The van der Waals surface area contributed by atoms with Gasteiger partial charge in [0.1, 0.15) is 5.82 Å². The highest BCUT2D eigenvalue weighted by molar-refractivity contribution is 6.03. The minimum absolute atomic E-state index is 0.0477. The van der Waals surface area contributed by atoms with E-state index in [9.17, 15) is 18.8 Å². The van der Waals surface area contributed by atoms with Gasteiger partial charge in [-0.15, -0.1) is 0 Å². The van der Waals surface area contributed by atoms with Crippen LogP contribution in [0.5, 0.6) is 11.5 Å². The van der Waals surface area contributed by atoms with Crippen LogP contribution in [0.15, 0.2) is 66.7 Å². The molecular weight excluding hydrogens is 467 g/mol. The fourth-order valence-electron chi connectivity index (χ4n) is 3.41. The Balaban J connectivity index is 1.78. The van der Waals surface area contributed by atoms with Gasteiger partial charge in [0.25, 0.3) is 5.91 Å². The summed E-state index contributed by atoms with van der Waals surface area (Å²) in [6.07, 6.45) is 2.71. The molecule has 0 heterocycles. The topological polar surface area (TPSA) is 103 Å². The number of esters is 1. The number of para-hydroxylation sites is 1. The summed E-state index contributed by atoms with van der Waals surface area (Å²) in [6.45, 7) is 0.0477. The molecular formula is C27H25FN2O6. The molecule has 0 saturated carbocycles. The van der Waals surface area contributed by atoms with Gasteiger partial charge in [0.2, 0.25) is 5.91 Å². The zero-order valence-corrected chi connectivity index (χ0v) is 20.0. The van der Waals surface area contributed by atoms with Gasteiger partial charge in [-0.3, -0.25) is 9.59 Å². The summed E-state index contributed by atoms with van der Waals surface area (Å²) in [7, 11) is 4.15. The lowest BCUT2D eigenvalue weighted by Gasteiger charge is -2.13. The first-order valence-corrected chi connectivity index (χ1v) is 10.8. The van der Waals surface area contributed by atoms with Crippen molar-refractivity contribution in [2.75, 3.05) is 26.6 Å². The van der Waals surface area contributed by atoms with Crippen LogP contribution in [0.3, 0.4) is 0 Å². The molecule has 0 fully saturated rings. The summed E-state index contributed by atoms with van der Waals surface area (Å²) in [5.74, 6) is -1.23. The Bertz CT molecular complexity index is 1310. The van der Waals surface area contributed by atoms with Crippen molar-refractivity contribution in [1.29, 1.82) is 0 Å².